The Labute approximate surface area is 138 Å². The molecule has 0 aliphatic rings. The molecule has 108 valence electrons. The largest absolute Gasteiger partial charge is 0.311 e. The molecule has 3 aromatic rings. The minimum Gasteiger partial charge on any atom is -0.311 e. The molecule has 0 unspecified atom stereocenters. The van der Waals surface area contributed by atoms with E-state index in [1.807, 2.05) is 17.8 Å². The number of rotatable bonds is 6. The van der Waals surface area contributed by atoms with Gasteiger partial charge in [-0.25, -0.2) is 0 Å². The van der Waals surface area contributed by atoms with Crippen LogP contribution >= 0.6 is 34.7 Å². The van der Waals surface area contributed by atoms with Crippen molar-refractivity contribution in [3.05, 3.63) is 63.8 Å². The third kappa shape index (κ3) is 4.24. The van der Waals surface area contributed by atoms with Gasteiger partial charge in [0.2, 0.25) is 0 Å². The van der Waals surface area contributed by atoms with Crippen molar-refractivity contribution in [3.8, 4) is 0 Å². The molecule has 1 aromatic heterocycles. The average molecular weight is 334 g/mol. The highest BCUT2D eigenvalue weighted by Crippen LogP contribution is 2.23. The van der Waals surface area contributed by atoms with Crippen LogP contribution in [0.4, 0.5) is 0 Å². The molecule has 1 heterocycles. The van der Waals surface area contributed by atoms with E-state index >= 15 is 0 Å². The van der Waals surface area contributed by atoms with Gasteiger partial charge in [0, 0.05) is 28.6 Å². The third-order valence-corrected chi connectivity index (χ3v) is 5.42. The van der Waals surface area contributed by atoms with Crippen LogP contribution in [0.15, 0.2) is 59.5 Å². The summed E-state index contributed by atoms with van der Waals surface area (Å²) >= 11 is 9.44. The van der Waals surface area contributed by atoms with Crippen molar-refractivity contribution in [2.24, 2.45) is 0 Å². The number of hydrogen-bond acceptors (Lipinski definition) is 3. The lowest BCUT2D eigenvalue weighted by Gasteiger charge is -2.05. The second kappa shape index (κ2) is 7.32. The third-order valence-electron chi connectivity index (χ3n) is 3.20. The fourth-order valence-corrected chi connectivity index (χ4v) is 4.07. The van der Waals surface area contributed by atoms with Gasteiger partial charge in [-0.3, -0.25) is 0 Å². The van der Waals surface area contributed by atoms with Crippen LogP contribution in [0.3, 0.4) is 0 Å². The highest BCUT2D eigenvalue weighted by atomic mass is 35.5. The normalized spacial score (nSPS) is 11.1. The summed E-state index contributed by atoms with van der Waals surface area (Å²) < 4.78 is 0.859. The van der Waals surface area contributed by atoms with E-state index in [2.05, 4.69) is 53.8 Å². The Morgan fingerprint density at radius 3 is 2.67 bits per heavy atom. The topological polar surface area (TPSA) is 12.0 Å². The summed E-state index contributed by atoms with van der Waals surface area (Å²) in [5, 5.41) is 6.06. The first-order valence-corrected chi connectivity index (χ1v) is 9.06. The molecule has 1 nitrogen and oxygen atoms in total. The standard InChI is InChI=1S/C17H16ClNS2/c18-17-8-7-16(21-17)12-19-9-10-20-15-6-5-13-3-1-2-4-14(13)11-15/h1-8,11,19H,9-10,12H2. The van der Waals surface area contributed by atoms with Crippen LogP contribution in [0.5, 0.6) is 0 Å². The molecule has 1 N–H and O–H groups in total. The number of fused-ring (bicyclic) bond motifs is 1. The average Bonchev–Trinajstić information content (AvgIpc) is 2.92. The monoisotopic (exact) mass is 333 g/mol. The Morgan fingerprint density at radius 2 is 1.86 bits per heavy atom. The zero-order valence-corrected chi connectivity index (χ0v) is 13.9. The highest BCUT2D eigenvalue weighted by molar-refractivity contribution is 7.99. The smallest absolute Gasteiger partial charge is 0.0931 e. The van der Waals surface area contributed by atoms with E-state index in [1.54, 1.807) is 11.3 Å². The molecule has 0 bridgehead atoms. The maximum absolute atomic E-state index is 5.91. The van der Waals surface area contributed by atoms with Crippen LogP contribution in [0.2, 0.25) is 4.34 Å². The van der Waals surface area contributed by atoms with E-state index in [1.165, 1.54) is 20.5 Å². The molecule has 0 atom stereocenters. The molecule has 21 heavy (non-hydrogen) atoms. The van der Waals surface area contributed by atoms with Crippen molar-refractivity contribution in [1.82, 2.24) is 5.32 Å². The predicted molar refractivity (Wildman–Crippen MR) is 95.7 cm³/mol. The van der Waals surface area contributed by atoms with Crippen molar-refractivity contribution in [1.29, 1.82) is 0 Å². The van der Waals surface area contributed by atoms with Crippen LogP contribution in [-0.4, -0.2) is 12.3 Å². The summed E-state index contributed by atoms with van der Waals surface area (Å²) in [5.41, 5.74) is 0. The van der Waals surface area contributed by atoms with Gasteiger partial charge >= 0.3 is 0 Å². The molecule has 0 saturated carbocycles. The molecule has 0 aliphatic carbocycles. The van der Waals surface area contributed by atoms with Crippen molar-refractivity contribution >= 4 is 45.5 Å². The van der Waals surface area contributed by atoms with Gasteiger partial charge in [-0.15, -0.1) is 23.1 Å². The van der Waals surface area contributed by atoms with Gasteiger partial charge in [-0.05, 0) is 35.0 Å². The molecule has 0 radical (unpaired) electrons. The Bertz CT molecular complexity index is 723. The maximum atomic E-state index is 5.91. The predicted octanol–water partition coefficient (Wildman–Crippen LogP) is 5.44. The van der Waals surface area contributed by atoms with Crippen LogP contribution in [0.1, 0.15) is 4.88 Å². The lowest BCUT2D eigenvalue weighted by atomic mass is 10.1. The summed E-state index contributed by atoms with van der Waals surface area (Å²) in [6.07, 6.45) is 0. The zero-order valence-electron chi connectivity index (χ0n) is 11.5. The molecule has 0 fully saturated rings. The Kier molecular flexibility index (Phi) is 5.20. The number of nitrogens with one attached hydrogen (secondary N) is 1. The molecular formula is C17H16ClNS2. The summed E-state index contributed by atoms with van der Waals surface area (Å²) in [5.74, 6) is 1.07. The second-order valence-electron chi connectivity index (χ2n) is 4.74. The Morgan fingerprint density at radius 1 is 1.00 bits per heavy atom. The first-order valence-electron chi connectivity index (χ1n) is 6.88. The van der Waals surface area contributed by atoms with Gasteiger partial charge in [0.05, 0.1) is 4.34 Å². The van der Waals surface area contributed by atoms with Gasteiger partial charge in [-0.1, -0.05) is 41.9 Å². The van der Waals surface area contributed by atoms with E-state index in [0.717, 1.165) is 23.2 Å². The van der Waals surface area contributed by atoms with Crippen LogP contribution in [0.25, 0.3) is 10.8 Å². The van der Waals surface area contributed by atoms with Crippen LogP contribution < -0.4 is 5.32 Å². The van der Waals surface area contributed by atoms with Crippen LogP contribution in [-0.2, 0) is 6.54 Å². The van der Waals surface area contributed by atoms with Crippen LogP contribution in [0, 0.1) is 0 Å². The minimum atomic E-state index is 0.859. The minimum absolute atomic E-state index is 0.859. The van der Waals surface area contributed by atoms with Gasteiger partial charge < -0.3 is 5.32 Å². The van der Waals surface area contributed by atoms with E-state index < -0.39 is 0 Å². The second-order valence-corrected chi connectivity index (χ2v) is 7.71. The number of thioether (sulfide) groups is 1. The van der Waals surface area contributed by atoms with E-state index in [9.17, 15) is 0 Å². The number of hydrogen-bond donors (Lipinski definition) is 1. The van der Waals surface area contributed by atoms with Crippen molar-refractivity contribution in [3.63, 3.8) is 0 Å². The van der Waals surface area contributed by atoms with Crippen molar-refractivity contribution in [2.45, 2.75) is 11.4 Å². The van der Waals surface area contributed by atoms with E-state index in [4.69, 9.17) is 11.6 Å². The van der Waals surface area contributed by atoms with E-state index in [-0.39, 0.29) is 0 Å². The zero-order chi connectivity index (χ0) is 14.5. The molecule has 4 heteroatoms. The Hall–Kier alpha value is -1.00. The molecule has 2 aromatic carbocycles. The molecule has 0 saturated heterocycles. The molecule has 0 spiro atoms. The fraction of sp³-hybridized carbons (Fsp3) is 0.176. The first kappa shape index (κ1) is 14.9. The number of halogens is 1. The molecule has 3 rings (SSSR count). The molecule has 0 amide bonds. The summed E-state index contributed by atoms with van der Waals surface area (Å²) in [6.45, 7) is 1.89. The molecular weight excluding hydrogens is 318 g/mol. The van der Waals surface area contributed by atoms with Gasteiger partial charge in [0.1, 0.15) is 0 Å². The fourth-order valence-electron chi connectivity index (χ4n) is 2.16. The lowest BCUT2D eigenvalue weighted by molar-refractivity contribution is 0.741. The summed E-state index contributed by atoms with van der Waals surface area (Å²) in [6, 6.07) is 19.2. The maximum Gasteiger partial charge on any atom is 0.0931 e. The number of thiophene rings is 1. The summed E-state index contributed by atoms with van der Waals surface area (Å²) in [4.78, 5) is 2.62. The van der Waals surface area contributed by atoms with Crippen molar-refractivity contribution < 1.29 is 0 Å². The highest BCUT2D eigenvalue weighted by Gasteiger charge is 1.99. The quantitative estimate of drug-likeness (QED) is 0.476. The Balaban J connectivity index is 1.46. The first-order chi connectivity index (χ1) is 10.3. The van der Waals surface area contributed by atoms with E-state index in [0.29, 0.717) is 0 Å². The summed E-state index contributed by atoms with van der Waals surface area (Å²) in [7, 11) is 0. The lowest BCUT2D eigenvalue weighted by Crippen LogP contribution is -2.15. The molecule has 0 aliphatic heterocycles. The SMILES string of the molecule is Clc1ccc(CNCCSc2ccc3ccccc3c2)s1. The van der Waals surface area contributed by atoms with Gasteiger partial charge in [0.25, 0.3) is 0 Å². The van der Waals surface area contributed by atoms with Crippen molar-refractivity contribution in [2.75, 3.05) is 12.3 Å². The van der Waals surface area contributed by atoms with Gasteiger partial charge in [0.15, 0.2) is 0 Å². The number of benzene rings is 2. The van der Waals surface area contributed by atoms with Gasteiger partial charge in [-0.2, -0.15) is 0 Å².